The molecule has 3 aromatic rings. The molecule has 0 bridgehead atoms. The monoisotopic (exact) mass is 444 g/mol. The number of carbonyl (C=O) groups excluding carboxylic acids is 1. The van der Waals surface area contributed by atoms with Gasteiger partial charge in [-0.3, -0.25) is 5.73 Å². The molecular weight excluding hydrogens is 424 g/mol. The Hall–Kier alpha value is -3.36. The molecule has 0 aliphatic carbocycles. The smallest absolute Gasteiger partial charge is 0.354 e. The van der Waals surface area contributed by atoms with Gasteiger partial charge in [-0.25, -0.2) is 10.1 Å². The van der Waals surface area contributed by atoms with Crippen LogP contribution in [0.5, 0.6) is 17.2 Å². The summed E-state index contributed by atoms with van der Waals surface area (Å²) in [7, 11) is 1.43. The summed E-state index contributed by atoms with van der Waals surface area (Å²) in [4.78, 5) is 17.4. The van der Waals surface area contributed by atoms with E-state index in [0.717, 1.165) is 0 Å². The van der Waals surface area contributed by atoms with Crippen molar-refractivity contribution in [2.75, 3.05) is 13.8 Å². The van der Waals surface area contributed by atoms with Gasteiger partial charge in [-0.2, -0.15) is 5.26 Å². The second kappa shape index (κ2) is 9.20. The van der Waals surface area contributed by atoms with Gasteiger partial charge in [0.1, 0.15) is 18.6 Å². The second-order valence-electron chi connectivity index (χ2n) is 6.63. The quantitative estimate of drug-likeness (QED) is 0.207. The fourth-order valence-corrected chi connectivity index (χ4v) is 4.15. The van der Waals surface area contributed by atoms with Gasteiger partial charge in [0.15, 0.2) is 5.75 Å². The van der Waals surface area contributed by atoms with E-state index in [9.17, 15) is 9.90 Å². The zero-order chi connectivity index (χ0) is 22.6. The van der Waals surface area contributed by atoms with Crippen LogP contribution in [0, 0.1) is 11.3 Å². The number of nitrogens with two attached hydrogens (primary N) is 1. The molecule has 3 rings (SSSR count). The van der Waals surface area contributed by atoms with E-state index in [4.69, 9.17) is 30.5 Å². The van der Waals surface area contributed by atoms with Crippen LogP contribution < -0.4 is 20.1 Å². The van der Waals surface area contributed by atoms with Crippen LogP contribution in [0.3, 0.4) is 0 Å². The van der Waals surface area contributed by atoms with Crippen LogP contribution in [0.2, 0.25) is 0 Å². The maximum absolute atomic E-state index is 12.7. The number of ether oxygens (including phenoxy) is 3. The minimum Gasteiger partial charge on any atom is -0.493 e. The Morgan fingerprint density at radius 2 is 1.97 bits per heavy atom. The molecule has 0 aliphatic rings. The minimum absolute atomic E-state index is 0.108. The van der Waals surface area contributed by atoms with Gasteiger partial charge in [0.2, 0.25) is 11.4 Å². The zero-order valence-corrected chi connectivity index (χ0v) is 17.5. The zero-order valence-electron chi connectivity index (χ0n) is 16.7. The average Bonchev–Trinajstić information content (AvgIpc) is 3.20. The van der Waals surface area contributed by atoms with E-state index in [-0.39, 0.29) is 11.5 Å². The van der Waals surface area contributed by atoms with Crippen LogP contribution in [0.1, 0.15) is 23.5 Å². The lowest BCUT2D eigenvalue weighted by Gasteiger charge is -2.32. The molecule has 0 aliphatic heterocycles. The number of aliphatic hydroxyl groups excluding tert-OH is 1. The first kappa shape index (κ1) is 22.3. The molecule has 0 saturated heterocycles. The molecule has 4 N–H and O–H groups in total. The lowest BCUT2D eigenvalue weighted by Crippen LogP contribution is -2.48. The molecule has 0 fully saturated rings. The summed E-state index contributed by atoms with van der Waals surface area (Å²) in [6.45, 7) is 1.000. The van der Waals surface area contributed by atoms with Crippen molar-refractivity contribution in [1.82, 2.24) is 0 Å². The Labute approximate surface area is 181 Å². The Morgan fingerprint density at radius 3 is 2.55 bits per heavy atom. The number of nitriles is 1. The molecule has 1 aromatic heterocycles. The fraction of sp³-hybridized carbons (Fsp3) is 0.238. The van der Waals surface area contributed by atoms with Gasteiger partial charge in [-0.1, -0.05) is 0 Å². The molecule has 1 heterocycles. The third-order valence-electron chi connectivity index (χ3n) is 4.64. The number of aliphatic hydroxyl groups is 1. The van der Waals surface area contributed by atoms with Crippen molar-refractivity contribution < 1.29 is 34.3 Å². The molecule has 0 amide bonds. The number of hydrogen-bond acceptors (Lipinski definition) is 10. The van der Waals surface area contributed by atoms with Gasteiger partial charge < -0.3 is 24.2 Å². The molecule has 0 spiro atoms. The van der Waals surface area contributed by atoms with E-state index >= 15 is 0 Å². The number of fused-ring (bicyclic) bond motifs is 1. The van der Waals surface area contributed by atoms with E-state index in [0.29, 0.717) is 26.3 Å². The Kier molecular flexibility index (Phi) is 6.62. The maximum Gasteiger partial charge on any atom is 0.354 e. The summed E-state index contributed by atoms with van der Waals surface area (Å²) in [5.74, 6) is -0.195. The highest BCUT2D eigenvalue weighted by atomic mass is 32.1. The number of benzene rings is 2. The van der Waals surface area contributed by atoms with E-state index in [1.165, 1.54) is 49.6 Å². The molecule has 31 heavy (non-hydrogen) atoms. The van der Waals surface area contributed by atoms with Crippen molar-refractivity contribution in [2.45, 2.75) is 18.6 Å². The first-order valence-corrected chi connectivity index (χ1v) is 9.85. The van der Waals surface area contributed by atoms with Crippen LogP contribution in [-0.2, 0) is 9.53 Å². The van der Waals surface area contributed by atoms with Crippen LogP contribution in [-0.4, -0.2) is 35.8 Å². The van der Waals surface area contributed by atoms with Gasteiger partial charge in [0, 0.05) is 15.6 Å². The number of carbonyl (C=O) groups is 1. The number of rotatable bonds is 8. The van der Waals surface area contributed by atoms with Gasteiger partial charge in [-0.15, -0.1) is 11.3 Å². The third-order valence-corrected chi connectivity index (χ3v) is 5.79. The highest BCUT2D eigenvalue weighted by Gasteiger charge is 2.46. The standard InChI is InChI=1S/C21H20N2O7S/c1-21(20(25)28-11-23,29-14-5-3-12(10-22)4-6-14)19(24)18-8-13-7-15(27-2)16(30-26)9-17(13)31-18/h3-9,19,24,26H,11,23H2,1-2H3. The summed E-state index contributed by atoms with van der Waals surface area (Å²) in [6, 6.07) is 12.9. The van der Waals surface area contributed by atoms with E-state index in [1.807, 2.05) is 6.07 Å². The average molecular weight is 444 g/mol. The number of hydrogen-bond donors (Lipinski definition) is 3. The van der Waals surface area contributed by atoms with Crippen molar-refractivity contribution in [3.8, 4) is 23.3 Å². The first-order chi connectivity index (χ1) is 14.9. The van der Waals surface area contributed by atoms with E-state index < -0.39 is 24.4 Å². The molecule has 162 valence electrons. The summed E-state index contributed by atoms with van der Waals surface area (Å²) in [5.41, 5.74) is 3.93. The summed E-state index contributed by atoms with van der Waals surface area (Å²) in [5, 5.41) is 29.8. The van der Waals surface area contributed by atoms with Crippen LogP contribution in [0.15, 0.2) is 42.5 Å². The van der Waals surface area contributed by atoms with Crippen molar-refractivity contribution in [3.63, 3.8) is 0 Å². The minimum atomic E-state index is -1.84. The predicted molar refractivity (Wildman–Crippen MR) is 112 cm³/mol. The van der Waals surface area contributed by atoms with Gasteiger partial charge >= 0.3 is 5.97 Å². The van der Waals surface area contributed by atoms with Gasteiger partial charge in [-0.05, 0) is 48.7 Å². The second-order valence-corrected chi connectivity index (χ2v) is 7.74. The van der Waals surface area contributed by atoms with Crippen molar-refractivity contribution in [1.29, 1.82) is 5.26 Å². The fourth-order valence-electron chi connectivity index (χ4n) is 2.98. The first-order valence-electron chi connectivity index (χ1n) is 9.03. The number of nitrogens with zero attached hydrogens (tertiary/aromatic N) is 1. The molecule has 2 atom stereocenters. The molecular formula is C21H20N2O7S. The molecule has 0 radical (unpaired) electrons. The number of thiophene rings is 1. The molecule has 0 saturated carbocycles. The highest BCUT2D eigenvalue weighted by molar-refractivity contribution is 7.19. The summed E-state index contributed by atoms with van der Waals surface area (Å²) >= 11 is 1.17. The normalized spacial score (nSPS) is 13.7. The van der Waals surface area contributed by atoms with Gasteiger partial charge in [0.25, 0.3) is 0 Å². The van der Waals surface area contributed by atoms with Gasteiger partial charge in [0.05, 0.1) is 18.7 Å². The lowest BCUT2D eigenvalue weighted by molar-refractivity contribution is -0.171. The third kappa shape index (κ3) is 4.40. The molecule has 10 heteroatoms. The van der Waals surface area contributed by atoms with Crippen LogP contribution in [0.4, 0.5) is 0 Å². The largest absolute Gasteiger partial charge is 0.493 e. The lowest BCUT2D eigenvalue weighted by atomic mass is 9.97. The van der Waals surface area contributed by atoms with Crippen LogP contribution >= 0.6 is 11.3 Å². The van der Waals surface area contributed by atoms with Crippen molar-refractivity contribution >= 4 is 27.4 Å². The maximum atomic E-state index is 12.7. The number of esters is 1. The molecule has 2 unspecified atom stereocenters. The van der Waals surface area contributed by atoms with Crippen LogP contribution in [0.25, 0.3) is 10.1 Å². The Balaban J connectivity index is 2.01. The summed E-state index contributed by atoms with van der Waals surface area (Å²) < 4.78 is 16.6. The van der Waals surface area contributed by atoms with Crippen molar-refractivity contribution in [3.05, 3.63) is 52.9 Å². The Morgan fingerprint density at radius 1 is 1.26 bits per heavy atom. The highest BCUT2D eigenvalue weighted by Crippen LogP contribution is 2.41. The predicted octanol–water partition coefficient (Wildman–Crippen LogP) is 2.96. The van der Waals surface area contributed by atoms with Crippen molar-refractivity contribution in [2.24, 2.45) is 5.73 Å². The topological polar surface area (TPSA) is 144 Å². The Bertz CT molecular complexity index is 1080. The SMILES string of the molecule is COc1cc2cc(C(O)C(C)(Oc3ccc(C#N)cc3)C(=O)OCN)sc2cc1OO. The molecule has 2 aromatic carbocycles. The summed E-state index contributed by atoms with van der Waals surface area (Å²) in [6.07, 6.45) is -1.43. The van der Waals surface area contributed by atoms with E-state index in [1.54, 1.807) is 18.2 Å². The van der Waals surface area contributed by atoms with E-state index in [2.05, 4.69) is 4.89 Å². The molecule has 9 nitrogen and oxygen atoms in total. The number of methoxy groups -OCH3 is 1.